The van der Waals surface area contributed by atoms with Crippen LogP contribution in [0.5, 0.6) is 5.75 Å². The molecule has 0 bridgehead atoms. The molecule has 0 spiro atoms. The number of anilines is 2. The first-order valence-corrected chi connectivity index (χ1v) is 8.83. The van der Waals surface area contributed by atoms with E-state index in [0.29, 0.717) is 24.6 Å². The lowest BCUT2D eigenvalue weighted by Crippen LogP contribution is -2.12. The molecule has 0 unspecified atom stereocenters. The quantitative estimate of drug-likeness (QED) is 0.676. The highest BCUT2D eigenvalue weighted by atomic mass is 32.1. The molecule has 3 aromatic rings. The van der Waals surface area contributed by atoms with E-state index < -0.39 is 0 Å². The molecule has 0 aliphatic rings. The molecule has 3 N–H and O–H groups in total. The number of hydrogen-bond donors (Lipinski definition) is 2. The van der Waals surface area contributed by atoms with E-state index in [9.17, 15) is 4.79 Å². The Morgan fingerprint density at radius 3 is 2.56 bits per heavy atom. The van der Waals surface area contributed by atoms with E-state index in [-0.39, 0.29) is 5.91 Å². The predicted molar refractivity (Wildman–Crippen MR) is 101 cm³/mol. The highest BCUT2D eigenvalue weighted by Gasteiger charge is 2.06. The van der Waals surface area contributed by atoms with E-state index in [1.165, 1.54) is 11.3 Å². The van der Waals surface area contributed by atoms with Gasteiger partial charge in [0.15, 0.2) is 5.13 Å². The maximum Gasteiger partial charge on any atom is 0.224 e. The first kappa shape index (κ1) is 17.0. The van der Waals surface area contributed by atoms with Gasteiger partial charge >= 0.3 is 0 Å². The maximum absolute atomic E-state index is 12.0. The van der Waals surface area contributed by atoms with E-state index in [1.54, 1.807) is 0 Å². The van der Waals surface area contributed by atoms with Gasteiger partial charge in [-0.15, -0.1) is 11.3 Å². The van der Waals surface area contributed by atoms with Crippen LogP contribution in [0.2, 0.25) is 0 Å². The summed E-state index contributed by atoms with van der Waals surface area (Å²) in [4.78, 5) is 16.1. The van der Waals surface area contributed by atoms with Gasteiger partial charge in [0.25, 0.3) is 0 Å². The van der Waals surface area contributed by atoms with Gasteiger partial charge in [-0.3, -0.25) is 4.79 Å². The molecule has 25 heavy (non-hydrogen) atoms. The average molecular weight is 353 g/mol. The van der Waals surface area contributed by atoms with Gasteiger partial charge < -0.3 is 15.8 Å². The van der Waals surface area contributed by atoms with Gasteiger partial charge in [0.1, 0.15) is 12.4 Å². The van der Waals surface area contributed by atoms with Crippen LogP contribution < -0.4 is 15.8 Å². The fourth-order valence-corrected chi connectivity index (χ4v) is 2.88. The van der Waals surface area contributed by atoms with Crippen molar-refractivity contribution in [3.63, 3.8) is 0 Å². The lowest BCUT2D eigenvalue weighted by atomic mass is 10.2. The number of hydrogen-bond acceptors (Lipinski definition) is 5. The summed E-state index contributed by atoms with van der Waals surface area (Å²) >= 11 is 1.39. The second-order valence-electron chi connectivity index (χ2n) is 5.52. The molecule has 2 aromatic carbocycles. The van der Waals surface area contributed by atoms with Crippen LogP contribution in [0.4, 0.5) is 10.8 Å². The number of nitrogen functional groups attached to an aromatic ring is 1. The molecular weight excluding hydrogens is 334 g/mol. The van der Waals surface area contributed by atoms with Crippen molar-refractivity contribution in [1.82, 2.24) is 4.98 Å². The molecule has 0 saturated heterocycles. The normalized spacial score (nSPS) is 10.4. The first-order chi connectivity index (χ1) is 12.2. The van der Waals surface area contributed by atoms with E-state index in [4.69, 9.17) is 10.5 Å². The van der Waals surface area contributed by atoms with Crippen molar-refractivity contribution in [2.24, 2.45) is 0 Å². The molecule has 1 heterocycles. The monoisotopic (exact) mass is 353 g/mol. The molecule has 0 saturated carbocycles. The zero-order valence-corrected chi connectivity index (χ0v) is 14.5. The predicted octanol–water partition coefficient (Wildman–Crippen LogP) is 3.88. The number of benzene rings is 2. The Hall–Kier alpha value is -2.86. The van der Waals surface area contributed by atoms with E-state index in [1.807, 2.05) is 60.0 Å². The summed E-state index contributed by atoms with van der Waals surface area (Å²) in [5.41, 5.74) is 8.29. The summed E-state index contributed by atoms with van der Waals surface area (Å²) in [7, 11) is 0. The minimum absolute atomic E-state index is 0.0514. The highest BCUT2D eigenvalue weighted by molar-refractivity contribution is 7.13. The van der Waals surface area contributed by atoms with Crippen molar-refractivity contribution >= 4 is 28.1 Å². The van der Waals surface area contributed by atoms with Gasteiger partial charge in [-0.25, -0.2) is 4.98 Å². The molecule has 0 atom stereocenters. The SMILES string of the molecule is Nc1nc(CCC(=O)Nc2ccc(OCc3ccccc3)cc2)cs1. The van der Waals surface area contributed by atoms with Crippen molar-refractivity contribution < 1.29 is 9.53 Å². The molecule has 128 valence electrons. The lowest BCUT2D eigenvalue weighted by molar-refractivity contribution is -0.116. The lowest BCUT2D eigenvalue weighted by Gasteiger charge is -2.08. The molecule has 1 aromatic heterocycles. The Balaban J connectivity index is 1.46. The topological polar surface area (TPSA) is 77.2 Å². The van der Waals surface area contributed by atoms with Crippen molar-refractivity contribution in [3.8, 4) is 5.75 Å². The molecule has 1 amide bonds. The smallest absolute Gasteiger partial charge is 0.224 e. The van der Waals surface area contributed by atoms with Crippen LogP contribution in [0.15, 0.2) is 60.0 Å². The number of rotatable bonds is 7. The maximum atomic E-state index is 12.0. The number of nitrogens with zero attached hydrogens (tertiary/aromatic N) is 1. The Bertz CT molecular complexity index is 816. The summed E-state index contributed by atoms with van der Waals surface area (Å²) < 4.78 is 5.73. The summed E-state index contributed by atoms with van der Waals surface area (Å²) in [6, 6.07) is 17.3. The molecule has 0 aliphatic heterocycles. The minimum atomic E-state index is -0.0514. The van der Waals surface area contributed by atoms with Crippen LogP contribution in [-0.2, 0) is 17.8 Å². The Labute approximate surface area is 150 Å². The molecule has 0 aliphatic carbocycles. The summed E-state index contributed by atoms with van der Waals surface area (Å²) in [6.07, 6.45) is 0.952. The third-order valence-corrected chi connectivity index (χ3v) is 4.29. The first-order valence-electron chi connectivity index (χ1n) is 7.95. The van der Waals surface area contributed by atoms with Gasteiger partial charge in [0.05, 0.1) is 5.69 Å². The fraction of sp³-hybridized carbons (Fsp3) is 0.158. The zero-order chi connectivity index (χ0) is 17.5. The summed E-state index contributed by atoms with van der Waals surface area (Å²) in [5, 5.41) is 5.28. The number of aromatic nitrogens is 1. The van der Waals surface area contributed by atoms with Crippen LogP contribution >= 0.6 is 11.3 Å². The van der Waals surface area contributed by atoms with Crippen molar-refractivity contribution in [1.29, 1.82) is 0 Å². The number of amides is 1. The molecule has 3 rings (SSSR count). The summed E-state index contributed by atoms with van der Waals surface area (Å²) in [6.45, 7) is 0.517. The van der Waals surface area contributed by atoms with Crippen molar-refractivity contribution in [3.05, 3.63) is 71.2 Å². The number of nitrogens with two attached hydrogens (primary N) is 1. The molecule has 5 nitrogen and oxygen atoms in total. The fourth-order valence-electron chi connectivity index (χ4n) is 2.28. The molecule has 6 heteroatoms. The second kappa shape index (κ2) is 8.30. The third kappa shape index (κ3) is 5.32. The van der Waals surface area contributed by atoms with Gasteiger partial charge in [0.2, 0.25) is 5.91 Å². The largest absolute Gasteiger partial charge is 0.489 e. The Morgan fingerprint density at radius 1 is 1.12 bits per heavy atom. The summed E-state index contributed by atoms with van der Waals surface area (Å²) in [5.74, 6) is 0.712. The molecule has 0 radical (unpaired) electrons. The van der Waals surface area contributed by atoms with Gasteiger partial charge in [-0.05, 0) is 36.2 Å². The van der Waals surface area contributed by atoms with E-state index >= 15 is 0 Å². The van der Waals surface area contributed by atoms with Crippen LogP contribution in [0, 0.1) is 0 Å². The van der Waals surface area contributed by atoms with Gasteiger partial charge in [0, 0.05) is 17.5 Å². The average Bonchev–Trinajstić information content (AvgIpc) is 3.06. The van der Waals surface area contributed by atoms with Crippen LogP contribution in [0.3, 0.4) is 0 Å². The van der Waals surface area contributed by atoms with Crippen molar-refractivity contribution in [2.45, 2.75) is 19.4 Å². The number of carbonyl (C=O) groups is 1. The second-order valence-corrected chi connectivity index (χ2v) is 6.41. The number of nitrogens with one attached hydrogen (secondary N) is 1. The van der Waals surface area contributed by atoms with Crippen LogP contribution in [-0.4, -0.2) is 10.9 Å². The highest BCUT2D eigenvalue weighted by Crippen LogP contribution is 2.18. The number of thiazole rings is 1. The molecular formula is C19H19N3O2S. The number of carbonyl (C=O) groups excluding carboxylic acids is 1. The number of ether oxygens (including phenoxy) is 1. The third-order valence-electron chi connectivity index (χ3n) is 3.56. The Morgan fingerprint density at radius 2 is 1.88 bits per heavy atom. The number of aryl methyl sites for hydroxylation is 1. The van der Waals surface area contributed by atoms with E-state index in [0.717, 1.165) is 22.7 Å². The van der Waals surface area contributed by atoms with Crippen LogP contribution in [0.1, 0.15) is 17.7 Å². The van der Waals surface area contributed by atoms with Crippen molar-refractivity contribution in [2.75, 3.05) is 11.1 Å². The van der Waals surface area contributed by atoms with Gasteiger partial charge in [-0.2, -0.15) is 0 Å². The zero-order valence-electron chi connectivity index (χ0n) is 13.6. The van der Waals surface area contributed by atoms with Crippen LogP contribution in [0.25, 0.3) is 0 Å². The molecule has 0 fully saturated rings. The standard InChI is InChI=1S/C19H19N3O2S/c20-19-22-16(13-25-19)8-11-18(23)21-15-6-9-17(10-7-15)24-12-14-4-2-1-3-5-14/h1-7,9-10,13H,8,11-12H2,(H2,20,22)(H,21,23). The van der Waals surface area contributed by atoms with E-state index in [2.05, 4.69) is 10.3 Å². The minimum Gasteiger partial charge on any atom is -0.489 e. The van der Waals surface area contributed by atoms with Gasteiger partial charge in [-0.1, -0.05) is 30.3 Å². The Kier molecular flexibility index (Phi) is 5.64.